The van der Waals surface area contributed by atoms with E-state index in [0.29, 0.717) is 18.6 Å². The number of aliphatic hydroxyl groups is 1. The second-order valence-electron chi connectivity index (χ2n) is 4.96. The highest BCUT2D eigenvalue weighted by molar-refractivity contribution is 4.74. The fourth-order valence-corrected chi connectivity index (χ4v) is 2.13. The van der Waals surface area contributed by atoms with Crippen LogP contribution in [0, 0.1) is 5.92 Å². The number of rotatable bonds is 5. The lowest BCUT2D eigenvalue weighted by molar-refractivity contribution is 0.256. The molecule has 0 amide bonds. The van der Waals surface area contributed by atoms with Gasteiger partial charge in [0.2, 0.25) is 0 Å². The summed E-state index contributed by atoms with van der Waals surface area (Å²) >= 11 is 0. The maximum absolute atomic E-state index is 8.82. The quantitative estimate of drug-likeness (QED) is 0.719. The van der Waals surface area contributed by atoms with E-state index in [1.165, 1.54) is 32.4 Å². The van der Waals surface area contributed by atoms with Crippen LogP contribution in [0.1, 0.15) is 32.6 Å². The van der Waals surface area contributed by atoms with Crippen LogP contribution in [0.3, 0.4) is 0 Å². The second kappa shape index (κ2) is 7.20. The Bertz CT molecular complexity index is 164. The van der Waals surface area contributed by atoms with Gasteiger partial charge in [-0.3, -0.25) is 0 Å². The molecular formula is C12H26N2O. The first kappa shape index (κ1) is 12.9. The first-order chi connectivity index (χ1) is 7.22. The molecule has 0 bridgehead atoms. The van der Waals surface area contributed by atoms with Crippen molar-refractivity contribution in [3.8, 4) is 0 Å². The number of nitrogens with zero attached hydrogens (tertiary/aromatic N) is 1. The van der Waals surface area contributed by atoms with Crippen molar-refractivity contribution in [1.82, 2.24) is 10.2 Å². The third-order valence-corrected chi connectivity index (χ3v) is 3.33. The van der Waals surface area contributed by atoms with Crippen LogP contribution in [0.25, 0.3) is 0 Å². The topological polar surface area (TPSA) is 35.5 Å². The molecule has 0 aromatic rings. The van der Waals surface area contributed by atoms with Crippen LogP contribution in [0.15, 0.2) is 0 Å². The van der Waals surface area contributed by atoms with Gasteiger partial charge in [0.1, 0.15) is 0 Å². The van der Waals surface area contributed by atoms with Crippen molar-refractivity contribution in [2.24, 2.45) is 5.92 Å². The minimum Gasteiger partial charge on any atom is -0.396 e. The normalized spacial score (nSPS) is 26.2. The maximum Gasteiger partial charge on any atom is 0.0434 e. The summed E-state index contributed by atoms with van der Waals surface area (Å²) in [5.74, 6) is 0.594. The molecule has 0 aromatic carbocycles. The molecular weight excluding hydrogens is 188 g/mol. The predicted octanol–water partition coefficient (Wildman–Crippen LogP) is 1.08. The molecule has 2 unspecified atom stereocenters. The molecule has 0 radical (unpaired) electrons. The molecule has 1 saturated heterocycles. The van der Waals surface area contributed by atoms with E-state index in [2.05, 4.69) is 24.2 Å². The molecule has 0 aromatic heterocycles. The predicted molar refractivity (Wildman–Crippen MR) is 64.0 cm³/mol. The Hall–Kier alpha value is -0.120. The Morgan fingerprint density at radius 1 is 1.40 bits per heavy atom. The van der Waals surface area contributed by atoms with Gasteiger partial charge in [-0.15, -0.1) is 0 Å². The minimum atomic E-state index is 0.316. The van der Waals surface area contributed by atoms with Crippen molar-refractivity contribution in [3.63, 3.8) is 0 Å². The first-order valence-electron chi connectivity index (χ1n) is 6.25. The van der Waals surface area contributed by atoms with Gasteiger partial charge in [0.15, 0.2) is 0 Å². The van der Waals surface area contributed by atoms with E-state index in [1.807, 2.05) is 0 Å². The monoisotopic (exact) mass is 214 g/mol. The van der Waals surface area contributed by atoms with E-state index in [1.54, 1.807) is 0 Å². The van der Waals surface area contributed by atoms with Crippen LogP contribution in [0.2, 0.25) is 0 Å². The summed E-state index contributed by atoms with van der Waals surface area (Å²) in [4.78, 5) is 2.42. The fraction of sp³-hybridized carbons (Fsp3) is 1.00. The number of aliphatic hydroxyl groups excluding tert-OH is 1. The van der Waals surface area contributed by atoms with Crippen LogP contribution in [-0.2, 0) is 0 Å². The van der Waals surface area contributed by atoms with Crippen molar-refractivity contribution in [2.75, 3.05) is 33.3 Å². The number of hydrogen-bond acceptors (Lipinski definition) is 3. The van der Waals surface area contributed by atoms with Gasteiger partial charge >= 0.3 is 0 Å². The maximum atomic E-state index is 8.82. The summed E-state index contributed by atoms with van der Waals surface area (Å²) in [6, 6.07) is 0.691. The smallest absolute Gasteiger partial charge is 0.0434 e. The first-order valence-corrected chi connectivity index (χ1v) is 6.25. The van der Waals surface area contributed by atoms with Crippen molar-refractivity contribution >= 4 is 0 Å². The Morgan fingerprint density at radius 3 is 2.93 bits per heavy atom. The average Bonchev–Trinajstić information content (AvgIpc) is 2.41. The Balaban J connectivity index is 2.14. The molecule has 2 N–H and O–H groups in total. The van der Waals surface area contributed by atoms with Crippen molar-refractivity contribution in [3.05, 3.63) is 0 Å². The zero-order valence-corrected chi connectivity index (χ0v) is 10.2. The molecule has 90 valence electrons. The lowest BCUT2D eigenvalue weighted by atomic mass is 10.1. The lowest BCUT2D eigenvalue weighted by Crippen LogP contribution is -2.33. The van der Waals surface area contributed by atoms with Gasteiger partial charge in [-0.05, 0) is 58.3 Å². The molecule has 0 spiro atoms. The summed E-state index contributed by atoms with van der Waals surface area (Å²) < 4.78 is 0. The van der Waals surface area contributed by atoms with Crippen LogP contribution in [-0.4, -0.2) is 49.3 Å². The molecule has 0 saturated carbocycles. The van der Waals surface area contributed by atoms with Gasteiger partial charge in [0.05, 0.1) is 0 Å². The highest BCUT2D eigenvalue weighted by Gasteiger charge is 2.14. The van der Waals surface area contributed by atoms with Crippen molar-refractivity contribution < 1.29 is 5.11 Å². The molecule has 1 rings (SSSR count). The van der Waals surface area contributed by atoms with Gasteiger partial charge in [-0.1, -0.05) is 6.92 Å². The van der Waals surface area contributed by atoms with E-state index < -0.39 is 0 Å². The Morgan fingerprint density at radius 2 is 2.20 bits per heavy atom. The molecule has 1 fully saturated rings. The SMILES string of the molecule is CC(CCO)CNC1CCCN(C)CC1. The summed E-state index contributed by atoms with van der Waals surface area (Å²) in [7, 11) is 2.21. The minimum absolute atomic E-state index is 0.316. The van der Waals surface area contributed by atoms with Gasteiger partial charge in [-0.25, -0.2) is 0 Å². The second-order valence-corrected chi connectivity index (χ2v) is 4.96. The van der Waals surface area contributed by atoms with Crippen LogP contribution in [0.4, 0.5) is 0 Å². The molecule has 3 nitrogen and oxygen atoms in total. The van der Waals surface area contributed by atoms with Crippen molar-refractivity contribution in [1.29, 1.82) is 0 Å². The lowest BCUT2D eigenvalue weighted by Gasteiger charge is -2.19. The van der Waals surface area contributed by atoms with E-state index in [0.717, 1.165) is 13.0 Å². The van der Waals surface area contributed by atoms with E-state index >= 15 is 0 Å². The van der Waals surface area contributed by atoms with Gasteiger partial charge in [0.25, 0.3) is 0 Å². The molecule has 1 aliphatic heterocycles. The summed E-state index contributed by atoms with van der Waals surface area (Å²) in [5, 5.41) is 12.4. The third-order valence-electron chi connectivity index (χ3n) is 3.33. The van der Waals surface area contributed by atoms with Crippen LogP contribution in [0.5, 0.6) is 0 Å². The van der Waals surface area contributed by atoms with Crippen molar-refractivity contribution in [2.45, 2.75) is 38.6 Å². The molecule has 2 atom stereocenters. The highest BCUT2D eigenvalue weighted by atomic mass is 16.3. The number of hydrogen-bond donors (Lipinski definition) is 2. The molecule has 15 heavy (non-hydrogen) atoms. The van der Waals surface area contributed by atoms with E-state index in [9.17, 15) is 0 Å². The van der Waals surface area contributed by atoms with Gasteiger partial charge in [0, 0.05) is 12.6 Å². The van der Waals surface area contributed by atoms with Gasteiger partial charge in [-0.2, -0.15) is 0 Å². The third kappa shape index (κ3) is 5.50. The summed E-state index contributed by atoms with van der Waals surface area (Å²) in [5.41, 5.74) is 0. The molecule has 0 aliphatic carbocycles. The summed E-state index contributed by atoms with van der Waals surface area (Å²) in [6.45, 7) is 6.02. The fourth-order valence-electron chi connectivity index (χ4n) is 2.13. The standard InChI is InChI=1S/C12H26N2O/c1-11(6-9-15)10-13-12-4-3-7-14(2)8-5-12/h11-13,15H,3-10H2,1-2H3. The van der Waals surface area contributed by atoms with Crippen LogP contribution >= 0.6 is 0 Å². The number of likely N-dealkylation sites (tertiary alicyclic amines) is 1. The molecule has 1 aliphatic rings. The van der Waals surface area contributed by atoms with Crippen LogP contribution < -0.4 is 5.32 Å². The molecule has 1 heterocycles. The summed E-state index contributed by atoms with van der Waals surface area (Å²) in [6.07, 6.45) is 4.79. The Labute approximate surface area is 93.9 Å². The molecule has 3 heteroatoms. The van der Waals surface area contributed by atoms with E-state index in [4.69, 9.17) is 5.11 Å². The zero-order chi connectivity index (χ0) is 11.1. The zero-order valence-electron chi connectivity index (χ0n) is 10.2. The van der Waals surface area contributed by atoms with E-state index in [-0.39, 0.29) is 0 Å². The average molecular weight is 214 g/mol. The largest absolute Gasteiger partial charge is 0.396 e. The number of nitrogens with one attached hydrogen (secondary N) is 1. The Kier molecular flexibility index (Phi) is 6.22. The van der Waals surface area contributed by atoms with Gasteiger partial charge < -0.3 is 15.3 Å². The highest BCUT2D eigenvalue weighted by Crippen LogP contribution is 2.10.